The number of benzene rings is 2. The van der Waals surface area contributed by atoms with Crippen LogP contribution in [0, 0.1) is 5.82 Å². The maximum Gasteiger partial charge on any atom is 0.336 e. The molecule has 1 aromatic heterocycles. The molecule has 3 aromatic rings. The van der Waals surface area contributed by atoms with Gasteiger partial charge in [0.05, 0.1) is 24.3 Å². The molecule has 2 aliphatic rings. The Bertz CT molecular complexity index is 1300. The predicted octanol–water partition coefficient (Wildman–Crippen LogP) is 4.83. The molecule has 0 spiro atoms. The van der Waals surface area contributed by atoms with E-state index in [-0.39, 0.29) is 11.6 Å². The fourth-order valence-electron chi connectivity index (χ4n) is 4.27. The van der Waals surface area contributed by atoms with Crippen LogP contribution in [-0.2, 0) is 9.53 Å². The van der Waals surface area contributed by atoms with Gasteiger partial charge in [-0.1, -0.05) is 24.3 Å². The summed E-state index contributed by atoms with van der Waals surface area (Å²) >= 11 is 0. The first-order chi connectivity index (χ1) is 15.0. The first-order valence-corrected chi connectivity index (χ1v) is 9.79. The van der Waals surface area contributed by atoms with Crippen LogP contribution in [-0.4, -0.2) is 18.9 Å². The Morgan fingerprint density at radius 3 is 2.45 bits per heavy atom. The number of methoxy groups -OCH3 is 1. The number of furan rings is 1. The SMILES string of the molecule is COC(=O)C1=C(C)NC2=C(C(=O)c3ccccc32)[C@@H]1c1ccc(-c2ccc(F)cc2)o1. The van der Waals surface area contributed by atoms with E-state index in [0.717, 1.165) is 5.56 Å². The highest BCUT2D eigenvalue weighted by molar-refractivity contribution is 6.23. The van der Waals surface area contributed by atoms with E-state index in [1.165, 1.54) is 19.2 Å². The van der Waals surface area contributed by atoms with Crippen molar-refractivity contribution >= 4 is 17.4 Å². The summed E-state index contributed by atoms with van der Waals surface area (Å²) in [6, 6.07) is 16.8. The third-order valence-corrected chi connectivity index (χ3v) is 5.69. The lowest BCUT2D eigenvalue weighted by Gasteiger charge is -2.27. The second-order valence-electron chi connectivity index (χ2n) is 7.46. The molecule has 0 radical (unpaired) electrons. The van der Waals surface area contributed by atoms with Crippen molar-refractivity contribution in [1.82, 2.24) is 5.32 Å². The Balaban J connectivity index is 1.67. The minimum Gasteiger partial charge on any atom is -0.466 e. The number of esters is 1. The summed E-state index contributed by atoms with van der Waals surface area (Å²) in [5.74, 6) is -0.807. The maximum atomic E-state index is 13.3. The van der Waals surface area contributed by atoms with Crippen LogP contribution in [0.3, 0.4) is 0 Å². The fraction of sp³-hybridized carbons (Fsp3) is 0.120. The number of nitrogens with one attached hydrogen (secondary N) is 1. The molecule has 0 saturated carbocycles. The van der Waals surface area contributed by atoms with E-state index in [1.807, 2.05) is 18.2 Å². The quantitative estimate of drug-likeness (QED) is 0.621. The van der Waals surface area contributed by atoms with E-state index in [9.17, 15) is 14.0 Å². The van der Waals surface area contributed by atoms with Crippen LogP contribution < -0.4 is 5.32 Å². The van der Waals surface area contributed by atoms with Gasteiger partial charge in [0, 0.05) is 28.0 Å². The summed E-state index contributed by atoms with van der Waals surface area (Å²) in [5, 5.41) is 3.23. The van der Waals surface area contributed by atoms with Crippen LogP contribution >= 0.6 is 0 Å². The van der Waals surface area contributed by atoms with Gasteiger partial charge >= 0.3 is 5.97 Å². The minimum atomic E-state index is -0.724. The van der Waals surface area contributed by atoms with Crippen molar-refractivity contribution in [1.29, 1.82) is 0 Å². The first-order valence-electron chi connectivity index (χ1n) is 9.79. The third-order valence-electron chi connectivity index (χ3n) is 5.69. The van der Waals surface area contributed by atoms with Crippen LogP contribution in [0.1, 0.15) is 34.5 Å². The molecule has 1 atom stereocenters. The van der Waals surface area contributed by atoms with E-state index < -0.39 is 11.9 Å². The van der Waals surface area contributed by atoms with Crippen LogP contribution in [0.15, 0.2) is 81.9 Å². The monoisotopic (exact) mass is 415 g/mol. The smallest absolute Gasteiger partial charge is 0.336 e. The molecule has 2 aromatic carbocycles. The highest BCUT2D eigenvalue weighted by atomic mass is 19.1. The van der Waals surface area contributed by atoms with Crippen molar-refractivity contribution in [3.05, 3.63) is 100 Å². The molecule has 31 heavy (non-hydrogen) atoms. The molecule has 0 amide bonds. The van der Waals surface area contributed by atoms with Gasteiger partial charge < -0.3 is 14.5 Å². The zero-order valence-corrected chi connectivity index (χ0v) is 16.9. The third kappa shape index (κ3) is 2.91. The molecule has 2 heterocycles. The normalized spacial score (nSPS) is 17.4. The fourth-order valence-corrected chi connectivity index (χ4v) is 4.27. The number of ketones is 1. The topological polar surface area (TPSA) is 68.5 Å². The predicted molar refractivity (Wildman–Crippen MR) is 112 cm³/mol. The number of rotatable bonds is 3. The second-order valence-corrected chi connectivity index (χ2v) is 7.46. The zero-order valence-electron chi connectivity index (χ0n) is 16.9. The summed E-state index contributed by atoms with van der Waals surface area (Å²) in [4.78, 5) is 26.0. The van der Waals surface area contributed by atoms with Crippen LogP contribution in [0.4, 0.5) is 4.39 Å². The van der Waals surface area contributed by atoms with E-state index in [1.54, 1.807) is 37.3 Å². The minimum absolute atomic E-state index is 0.156. The van der Waals surface area contributed by atoms with Gasteiger partial charge in [-0.25, -0.2) is 9.18 Å². The molecule has 5 nitrogen and oxygen atoms in total. The summed E-state index contributed by atoms with van der Waals surface area (Å²) in [6.45, 7) is 1.78. The number of allylic oxidation sites excluding steroid dienone is 2. The number of halogens is 1. The highest BCUT2D eigenvalue weighted by Gasteiger charge is 2.44. The summed E-state index contributed by atoms with van der Waals surface area (Å²) in [5.41, 5.74) is 4.11. The average Bonchev–Trinajstić information content (AvgIpc) is 3.37. The lowest BCUT2D eigenvalue weighted by atomic mass is 9.83. The summed E-state index contributed by atoms with van der Waals surface area (Å²) in [6.07, 6.45) is 0. The van der Waals surface area contributed by atoms with Gasteiger partial charge in [-0.15, -0.1) is 0 Å². The number of carbonyl (C=O) groups excluding carboxylic acids is 2. The molecule has 154 valence electrons. The molecule has 0 unspecified atom stereocenters. The molecule has 6 heteroatoms. The highest BCUT2D eigenvalue weighted by Crippen LogP contribution is 2.47. The van der Waals surface area contributed by atoms with Crippen LogP contribution in [0.2, 0.25) is 0 Å². The number of ether oxygens (including phenoxy) is 1. The van der Waals surface area contributed by atoms with Gasteiger partial charge in [0.15, 0.2) is 5.78 Å². The molecule has 0 bridgehead atoms. The Kier molecular flexibility index (Phi) is 4.36. The largest absolute Gasteiger partial charge is 0.466 e. The van der Waals surface area contributed by atoms with Crippen molar-refractivity contribution < 1.29 is 23.1 Å². The first kappa shape index (κ1) is 19.1. The second kappa shape index (κ2) is 7.09. The van der Waals surface area contributed by atoms with Gasteiger partial charge in [0.25, 0.3) is 0 Å². The molecule has 0 fully saturated rings. The molecule has 1 aliphatic heterocycles. The molecule has 0 saturated heterocycles. The molecular formula is C25H18FNO4. The lowest BCUT2D eigenvalue weighted by Crippen LogP contribution is -2.28. The zero-order chi connectivity index (χ0) is 21.7. The van der Waals surface area contributed by atoms with E-state index in [4.69, 9.17) is 9.15 Å². The summed E-state index contributed by atoms with van der Waals surface area (Å²) in [7, 11) is 1.31. The molecular weight excluding hydrogens is 397 g/mol. The Morgan fingerprint density at radius 2 is 1.74 bits per heavy atom. The van der Waals surface area contributed by atoms with E-state index >= 15 is 0 Å². The van der Waals surface area contributed by atoms with Gasteiger partial charge in [0.1, 0.15) is 17.3 Å². The van der Waals surface area contributed by atoms with Crippen molar-refractivity contribution in [2.75, 3.05) is 7.11 Å². The number of dihydropyridines is 1. The van der Waals surface area contributed by atoms with Crippen LogP contribution in [0.25, 0.3) is 17.0 Å². The number of hydrogen-bond donors (Lipinski definition) is 1. The van der Waals surface area contributed by atoms with Gasteiger partial charge in [-0.05, 0) is 43.3 Å². The van der Waals surface area contributed by atoms with E-state index in [2.05, 4.69) is 5.32 Å². The number of hydrogen-bond acceptors (Lipinski definition) is 5. The maximum absolute atomic E-state index is 13.3. The Labute approximate surface area is 177 Å². The Hall–Kier alpha value is -3.93. The lowest BCUT2D eigenvalue weighted by molar-refractivity contribution is -0.136. The standard InChI is InChI=1S/C25H18FNO4/c1-13-20(25(29)30-2)21(19-12-11-18(31-19)14-7-9-15(26)10-8-14)22-23(27-13)16-5-3-4-6-17(16)24(22)28/h3-12,21,27H,1-2H3/t21-/m1/s1. The van der Waals surface area contributed by atoms with Gasteiger partial charge in [-0.2, -0.15) is 0 Å². The van der Waals surface area contributed by atoms with E-state index in [0.29, 0.717) is 45.2 Å². The van der Waals surface area contributed by atoms with Crippen molar-refractivity contribution in [3.63, 3.8) is 0 Å². The van der Waals surface area contributed by atoms with Crippen molar-refractivity contribution in [3.8, 4) is 11.3 Å². The summed E-state index contributed by atoms with van der Waals surface area (Å²) < 4.78 is 24.4. The van der Waals surface area contributed by atoms with Crippen molar-refractivity contribution in [2.45, 2.75) is 12.8 Å². The van der Waals surface area contributed by atoms with Crippen LogP contribution in [0.5, 0.6) is 0 Å². The number of fused-ring (bicyclic) bond motifs is 2. The number of carbonyl (C=O) groups is 2. The molecule has 5 rings (SSSR count). The van der Waals surface area contributed by atoms with Gasteiger partial charge in [0.2, 0.25) is 0 Å². The average molecular weight is 415 g/mol. The molecule has 1 aliphatic carbocycles. The number of Topliss-reactive ketones (excluding diaryl/α,β-unsaturated/α-hetero) is 1. The Morgan fingerprint density at radius 1 is 1.03 bits per heavy atom. The van der Waals surface area contributed by atoms with Crippen molar-refractivity contribution in [2.24, 2.45) is 0 Å². The molecule has 1 N–H and O–H groups in total. The van der Waals surface area contributed by atoms with Gasteiger partial charge in [-0.3, -0.25) is 4.79 Å².